The molecule has 8 nitrogen and oxygen atoms in total. The predicted molar refractivity (Wildman–Crippen MR) is 123 cm³/mol. The third-order valence-corrected chi connectivity index (χ3v) is 7.33. The fourth-order valence-corrected chi connectivity index (χ4v) is 4.54. The molecule has 3 rings (SSSR count). The molecule has 2 aromatic rings. The molecule has 1 heterocycles. The summed E-state index contributed by atoms with van der Waals surface area (Å²) in [6, 6.07) is 13.5. The summed E-state index contributed by atoms with van der Waals surface area (Å²) in [7, 11) is 0.742. The Hall–Kier alpha value is -2.91. The van der Waals surface area contributed by atoms with E-state index in [1.54, 1.807) is 25.2 Å². The van der Waals surface area contributed by atoms with Crippen molar-refractivity contribution >= 4 is 33.3 Å². The second-order valence-corrected chi connectivity index (χ2v) is 10.1. The van der Waals surface area contributed by atoms with Crippen LogP contribution in [0.4, 0.5) is 11.4 Å². The van der Waals surface area contributed by atoms with E-state index in [-0.39, 0.29) is 16.4 Å². The maximum atomic E-state index is 13.1. The lowest BCUT2D eigenvalue weighted by Gasteiger charge is -2.24. The zero-order valence-electron chi connectivity index (χ0n) is 18.8. The molecule has 0 N–H and O–H groups in total. The molecule has 0 spiro atoms. The van der Waals surface area contributed by atoms with Gasteiger partial charge in [0, 0.05) is 39.9 Å². The lowest BCUT2D eigenvalue weighted by molar-refractivity contribution is -0.126. The van der Waals surface area contributed by atoms with Gasteiger partial charge < -0.3 is 14.5 Å². The molecule has 0 aliphatic carbocycles. The number of hydrogen-bond acceptors (Lipinski definition) is 6. The molecule has 0 aromatic heterocycles. The summed E-state index contributed by atoms with van der Waals surface area (Å²) in [5.74, 6) is -1.12. The molecule has 1 fully saturated rings. The Morgan fingerprint density at radius 1 is 1.00 bits per heavy atom. The van der Waals surface area contributed by atoms with Crippen LogP contribution >= 0.6 is 0 Å². The molecule has 0 bridgehead atoms. The third kappa shape index (κ3) is 4.94. The average molecular weight is 460 g/mol. The lowest BCUT2D eigenvalue weighted by atomic mass is 10.1. The topological polar surface area (TPSA) is 87.2 Å². The number of esters is 1. The molecule has 32 heavy (non-hydrogen) atoms. The highest BCUT2D eigenvalue weighted by Gasteiger charge is 2.28. The Kier molecular flexibility index (Phi) is 7.20. The van der Waals surface area contributed by atoms with Gasteiger partial charge >= 0.3 is 5.97 Å². The van der Waals surface area contributed by atoms with E-state index < -0.39 is 22.1 Å². The molecule has 172 valence electrons. The van der Waals surface area contributed by atoms with Crippen molar-refractivity contribution in [3.8, 4) is 0 Å². The molecule has 0 saturated carbocycles. The van der Waals surface area contributed by atoms with Crippen molar-refractivity contribution in [2.45, 2.75) is 30.8 Å². The Morgan fingerprint density at radius 2 is 1.62 bits per heavy atom. The van der Waals surface area contributed by atoms with Crippen molar-refractivity contribution < 1.29 is 22.7 Å². The van der Waals surface area contributed by atoms with Crippen molar-refractivity contribution in [1.82, 2.24) is 4.31 Å². The number of amides is 1. The Morgan fingerprint density at radius 3 is 2.22 bits per heavy atom. The first-order valence-electron chi connectivity index (χ1n) is 10.5. The molecule has 0 radical (unpaired) electrons. The molecule has 1 aliphatic rings. The van der Waals surface area contributed by atoms with Crippen molar-refractivity contribution in [3.63, 3.8) is 0 Å². The van der Waals surface area contributed by atoms with Crippen LogP contribution in [0.2, 0.25) is 0 Å². The molecule has 9 heteroatoms. The minimum atomic E-state index is -3.74. The first-order chi connectivity index (χ1) is 15.1. The van der Waals surface area contributed by atoms with Crippen LogP contribution in [0, 0.1) is 0 Å². The number of carbonyl (C=O) groups excluding carboxylic acids is 2. The fraction of sp³-hybridized carbons (Fsp3) is 0.391. The van der Waals surface area contributed by atoms with E-state index in [2.05, 4.69) is 0 Å². The van der Waals surface area contributed by atoms with E-state index in [9.17, 15) is 18.0 Å². The van der Waals surface area contributed by atoms with Gasteiger partial charge in [-0.1, -0.05) is 18.2 Å². The van der Waals surface area contributed by atoms with Gasteiger partial charge in [0.05, 0.1) is 16.1 Å². The number of sulfonamides is 1. The van der Waals surface area contributed by atoms with Gasteiger partial charge in [-0.05, 0) is 50.1 Å². The smallest absolute Gasteiger partial charge is 0.341 e. The van der Waals surface area contributed by atoms with Crippen molar-refractivity contribution in [2.75, 3.05) is 44.0 Å². The average Bonchev–Trinajstić information content (AvgIpc) is 3.32. The number of para-hydroxylation sites is 1. The van der Waals surface area contributed by atoms with Crippen LogP contribution in [0.15, 0.2) is 53.4 Å². The first kappa shape index (κ1) is 23.7. The maximum absolute atomic E-state index is 13.1. The van der Waals surface area contributed by atoms with Crippen LogP contribution in [0.5, 0.6) is 0 Å². The van der Waals surface area contributed by atoms with Gasteiger partial charge in [-0.3, -0.25) is 4.79 Å². The number of nitrogens with zero attached hydrogens (tertiary/aromatic N) is 3. The highest BCUT2D eigenvalue weighted by atomic mass is 32.2. The second kappa shape index (κ2) is 9.70. The Bertz CT molecular complexity index is 1080. The number of hydrogen-bond donors (Lipinski definition) is 0. The lowest BCUT2D eigenvalue weighted by Crippen LogP contribution is -2.37. The molecular formula is C23H29N3O5S. The zero-order valence-corrected chi connectivity index (χ0v) is 19.6. The molecule has 1 aliphatic heterocycles. The number of carbonyl (C=O) groups is 2. The standard InChI is InChI=1S/C23H29N3O5S/c1-17(22(27)25(4)18-10-6-5-7-11-18)31-23(28)20-16-19(32(29,30)24(2)3)12-13-21(20)26-14-8-9-15-26/h5-7,10-13,16-17H,8-9,14-15H2,1-4H3/t17-/m1/s1. The minimum absolute atomic E-state index is 0.00206. The van der Waals surface area contributed by atoms with Crippen molar-refractivity contribution in [2.24, 2.45) is 0 Å². The molecule has 1 atom stereocenters. The first-order valence-corrected chi connectivity index (χ1v) is 11.9. The van der Waals surface area contributed by atoms with Gasteiger partial charge in [0.15, 0.2) is 6.10 Å². The number of likely N-dealkylation sites (N-methyl/N-ethyl adjacent to an activating group) is 1. The van der Waals surface area contributed by atoms with E-state index in [0.29, 0.717) is 11.4 Å². The largest absolute Gasteiger partial charge is 0.449 e. The van der Waals surface area contributed by atoms with Crippen LogP contribution in [0.1, 0.15) is 30.1 Å². The monoisotopic (exact) mass is 459 g/mol. The van der Waals surface area contributed by atoms with E-state index in [4.69, 9.17) is 4.74 Å². The molecular weight excluding hydrogens is 430 g/mol. The summed E-state index contributed by atoms with van der Waals surface area (Å²) in [6.45, 7) is 3.05. The van der Waals surface area contributed by atoms with Crippen molar-refractivity contribution in [3.05, 3.63) is 54.1 Å². The van der Waals surface area contributed by atoms with E-state index in [1.165, 1.54) is 38.1 Å². The third-order valence-electron chi connectivity index (χ3n) is 5.52. The maximum Gasteiger partial charge on any atom is 0.341 e. The predicted octanol–water partition coefficient (Wildman–Crippen LogP) is 2.75. The highest BCUT2D eigenvalue weighted by molar-refractivity contribution is 7.89. The van der Waals surface area contributed by atoms with E-state index >= 15 is 0 Å². The molecule has 0 unspecified atom stereocenters. The summed E-state index contributed by atoms with van der Waals surface area (Å²) in [4.78, 5) is 29.4. The van der Waals surface area contributed by atoms with Gasteiger partial charge in [-0.2, -0.15) is 0 Å². The summed E-state index contributed by atoms with van der Waals surface area (Å²) in [6.07, 6.45) is 0.930. The van der Waals surface area contributed by atoms with Crippen LogP contribution in [-0.2, 0) is 19.6 Å². The Balaban J connectivity index is 1.88. The quantitative estimate of drug-likeness (QED) is 0.592. The van der Waals surface area contributed by atoms with E-state index in [1.807, 2.05) is 23.1 Å². The van der Waals surface area contributed by atoms with Crippen LogP contribution in [0.25, 0.3) is 0 Å². The zero-order chi connectivity index (χ0) is 23.5. The number of ether oxygens (including phenoxy) is 1. The van der Waals surface area contributed by atoms with Crippen LogP contribution < -0.4 is 9.80 Å². The highest BCUT2D eigenvalue weighted by Crippen LogP contribution is 2.29. The molecule has 2 aromatic carbocycles. The Labute approximate surface area is 189 Å². The summed E-state index contributed by atoms with van der Waals surface area (Å²) in [5.41, 5.74) is 1.43. The normalized spacial score (nSPS) is 15.0. The molecule has 1 amide bonds. The van der Waals surface area contributed by atoms with Gasteiger partial charge in [0.2, 0.25) is 10.0 Å². The van der Waals surface area contributed by atoms with Crippen LogP contribution in [0.3, 0.4) is 0 Å². The van der Waals surface area contributed by atoms with Crippen molar-refractivity contribution in [1.29, 1.82) is 0 Å². The van der Waals surface area contributed by atoms with Gasteiger partial charge in [0.25, 0.3) is 5.91 Å². The van der Waals surface area contributed by atoms with Gasteiger partial charge in [-0.15, -0.1) is 0 Å². The number of benzene rings is 2. The summed E-state index contributed by atoms with van der Waals surface area (Å²) >= 11 is 0. The second-order valence-electron chi connectivity index (χ2n) is 7.94. The fourth-order valence-electron chi connectivity index (χ4n) is 3.61. The number of rotatable bonds is 7. The van der Waals surface area contributed by atoms with Crippen LogP contribution in [-0.4, -0.2) is 64.9 Å². The van der Waals surface area contributed by atoms with Gasteiger partial charge in [-0.25, -0.2) is 17.5 Å². The summed E-state index contributed by atoms with van der Waals surface area (Å²) in [5, 5.41) is 0. The van der Waals surface area contributed by atoms with Gasteiger partial charge in [0.1, 0.15) is 0 Å². The number of anilines is 2. The SMILES string of the molecule is C[C@@H](OC(=O)c1cc(S(=O)(=O)N(C)C)ccc1N1CCCC1)C(=O)N(C)c1ccccc1. The van der Waals surface area contributed by atoms with E-state index in [0.717, 1.165) is 30.2 Å². The molecule has 1 saturated heterocycles. The summed E-state index contributed by atoms with van der Waals surface area (Å²) < 4.78 is 31.8. The minimum Gasteiger partial charge on any atom is -0.449 e.